The van der Waals surface area contributed by atoms with E-state index >= 15 is 0 Å². The lowest BCUT2D eigenvalue weighted by molar-refractivity contribution is 0.0526. The Hall–Kier alpha value is -2.09. The van der Waals surface area contributed by atoms with Crippen LogP contribution in [-0.2, 0) is 4.74 Å². The predicted octanol–water partition coefficient (Wildman–Crippen LogP) is 2.47. The van der Waals surface area contributed by atoms with Crippen LogP contribution in [0.5, 0.6) is 0 Å². The van der Waals surface area contributed by atoms with Crippen LogP contribution in [0.25, 0.3) is 5.70 Å². The van der Waals surface area contributed by atoms with Crippen LogP contribution in [0.15, 0.2) is 19.0 Å². The number of rotatable bonds is 4. The molecule has 2 atom stereocenters. The minimum Gasteiger partial charge on any atom is -0.462 e. The van der Waals surface area contributed by atoms with Gasteiger partial charge >= 0.3 is 5.97 Å². The van der Waals surface area contributed by atoms with Gasteiger partial charge in [-0.15, -0.1) is 0 Å². The zero-order chi connectivity index (χ0) is 13.8. The first kappa shape index (κ1) is 13.3. The molecule has 2 unspecified atom stereocenters. The highest BCUT2D eigenvalue weighted by atomic mass is 16.5. The Morgan fingerprint density at radius 1 is 1.68 bits per heavy atom. The Kier molecular flexibility index (Phi) is 4.00. The van der Waals surface area contributed by atoms with E-state index in [4.69, 9.17) is 10.00 Å². The maximum absolute atomic E-state index is 11.6. The molecule has 1 aromatic rings. The molecule has 19 heavy (non-hydrogen) atoms. The topological polar surface area (TPSA) is 67.9 Å². The zero-order valence-corrected chi connectivity index (χ0v) is 11.0. The number of nitrogens with zero attached hydrogens (tertiary/aromatic N) is 3. The molecular formula is C14H17N3O2. The van der Waals surface area contributed by atoms with Crippen molar-refractivity contribution < 1.29 is 9.53 Å². The van der Waals surface area contributed by atoms with Crippen LogP contribution in [0.3, 0.4) is 0 Å². The van der Waals surface area contributed by atoms with Crippen LogP contribution in [-0.4, -0.2) is 22.4 Å². The van der Waals surface area contributed by atoms with Gasteiger partial charge in [-0.05, 0) is 19.8 Å². The summed E-state index contributed by atoms with van der Waals surface area (Å²) < 4.78 is 6.50. The van der Waals surface area contributed by atoms with Crippen molar-refractivity contribution in [3.05, 3.63) is 24.5 Å². The van der Waals surface area contributed by atoms with Crippen molar-refractivity contribution in [3.63, 3.8) is 0 Å². The molecule has 5 heteroatoms. The van der Waals surface area contributed by atoms with Crippen LogP contribution in [0.2, 0.25) is 0 Å². The summed E-state index contributed by atoms with van der Waals surface area (Å²) in [5, 5.41) is 13.2. The fourth-order valence-corrected chi connectivity index (χ4v) is 2.48. The summed E-state index contributed by atoms with van der Waals surface area (Å²) in [6, 6.07) is 2.32. The number of hydrogen-bond donors (Lipinski definition) is 0. The molecule has 0 saturated heterocycles. The van der Waals surface area contributed by atoms with Crippen molar-refractivity contribution in [3.8, 4) is 6.07 Å². The number of aromatic nitrogens is 2. The van der Waals surface area contributed by atoms with Gasteiger partial charge < -0.3 is 4.74 Å². The summed E-state index contributed by atoms with van der Waals surface area (Å²) in [5.41, 5.74) is 1.19. The van der Waals surface area contributed by atoms with E-state index in [9.17, 15) is 4.79 Å². The van der Waals surface area contributed by atoms with Gasteiger partial charge in [0.05, 0.1) is 30.4 Å². The molecule has 1 heterocycles. The fraction of sp³-hybridized carbons (Fsp3) is 0.500. The molecule has 1 aliphatic rings. The number of carbonyl (C=O) groups excluding carboxylic acids is 1. The molecule has 0 radical (unpaired) electrons. The minimum absolute atomic E-state index is 0.00254. The van der Waals surface area contributed by atoms with Crippen LogP contribution in [0, 0.1) is 23.2 Å². The molecule has 1 fully saturated rings. The van der Waals surface area contributed by atoms with Crippen molar-refractivity contribution >= 4 is 11.7 Å². The standard InChI is InChI=1S/C14H17N3O2/c1-3-19-14(18)12-8-16-17(9-12)10(2)13-6-4-5-11(13)7-15/h8-9,11,13H,2-6H2,1H3. The lowest BCUT2D eigenvalue weighted by atomic mass is 9.95. The van der Waals surface area contributed by atoms with Gasteiger partial charge in [-0.3, -0.25) is 0 Å². The zero-order valence-electron chi connectivity index (χ0n) is 11.0. The molecule has 1 aliphatic carbocycles. The normalized spacial score (nSPS) is 21.9. The third-order valence-electron chi connectivity index (χ3n) is 3.50. The summed E-state index contributed by atoms with van der Waals surface area (Å²) in [4.78, 5) is 11.6. The second kappa shape index (κ2) is 5.70. The summed E-state index contributed by atoms with van der Waals surface area (Å²) in [5.74, 6) is -0.257. The first-order chi connectivity index (χ1) is 9.17. The number of hydrogen-bond acceptors (Lipinski definition) is 4. The van der Waals surface area contributed by atoms with Crippen molar-refractivity contribution in [1.82, 2.24) is 9.78 Å². The van der Waals surface area contributed by atoms with E-state index < -0.39 is 0 Å². The molecule has 0 N–H and O–H groups in total. The highest BCUT2D eigenvalue weighted by Gasteiger charge is 2.30. The molecule has 0 bridgehead atoms. The van der Waals surface area contributed by atoms with Crippen molar-refractivity contribution in [2.24, 2.45) is 11.8 Å². The van der Waals surface area contributed by atoms with Crippen LogP contribution < -0.4 is 0 Å². The van der Waals surface area contributed by atoms with Gasteiger partial charge in [0.25, 0.3) is 0 Å². The summed E-state index contributed by atoms with van der Waals surface area (Å²) >= 11 is 0. The highest BCUT2D eigenvalue weighted by molar-refractivity contribution is 5.89. The second-order valence-corrected chi connectivity index (χ2v) is 4.66. The first-order valence-electron chi connectivity index (χ1n) is 6.48. The molecular weight excluding hydrogens is 242 g/mol. The van der Waals surface area contributed by atoms with E-state index in [0.29, 0.717) is 12.2 Å². The Balaban J connectivity index is 2.12. The first-order valence-corrected chi connectivity index (χ1v) is 6.48. The molecule has 100 valence electrons. The summed E-state index contributed by atoms with van der Waals surface area (Å²) in [6.07, 6.45) is 5.98. The quantitative estimate of drug-likeness (QED) is 0.779. The second-order valence-electron chi connectivity index (χ2n) is 4.66. The lowest BCUT2D eigenvalue weighted by Gasteiger charge is -2.16. The Morgan fingerprint density at radius 3 is 3.16 bits per heavy atom. The van der Waals surface area contributed by atoms with Gasteiger partial charge in [0.2, 0.25) is 0 Å². The highest BCUT2D eigenvalue weighted by Crippen LogP contribution is 2.37. The lowest BCUT2D eigenvalue weighted by Crippen LogP contribution is -2.12. The number of carbonyl (C=O) groups is 1. The van der Waals surface area contributed by atoms with E-state index in [-0.39, 0.29) is 17.8 Å². The maximum Gasteiger partial charge on any atom is 0.341 e. The Labute approximate surface area is 112 Å². The van der Waals surface area contributed by atoms with Gasteiger partial charge in [0, 0.05) is 17.8 Å². The maximum atomic E-state index is 11.6. The average Bonchev–Trinajstić information content (AvgIpc) is 3.07. The predicted molar refractivity (Wildman–Crippen MR) is 70.0 cm³/mol. The SMILES string of the molecule is C=C(C1CCCC1C#N)n1cc(C(=O)OCC)cn1. The van der Waals surface area contributed by atoms with Gasteiger partial charge in [0.1, 0.15) is 0 Å². The monoisotopic (exact) mass is 259 g/mol. The van der Waals surface area contributed by atoms with Gasteiger partial charge in [-0.2, -0.15) is 10.4 Å². The van der Waals surface area contributed by atoms with E-state index in [1.807, 2.05) is 0 Å². The third kappa shape index (κ3) is 2.68. The molecule has 0 spiro atoms. The van der Waals surface area contributed by atoms with E-state index in [1.54, 1.807) is 17.8 Å². The van der Waals surface area contributed by atoms with Crippen LogP contribution >= 0.6 is 0 Å². The van der Waals surface area contributed by atoms with E-state index in [0.717, 1.165) is 25.0 Å². The largest absolute Gasteiger partial charge is 0.462 e. The van der Waals surface area contributed by atoms with Crippen molar-refractivity contribution in [1.29, 1.82) is 5.26 Å². The van der Waals surface area contributed by atoms with Gasteiger partial charge in [-0.1, -0.05) is 13.0 Å². The van der Waals surface area contributed by atoms with Crippen molar-refractivity contribution in [2.45, 2.75) is 26.2 Å². The fourth-order valence-electron chi connectivity index (χ4n) is 2.48. The van der Waals surface area contributed by atoms with Crippen molar-refractivity contribution in [2.75, 3.05) is 6.61 Å². The van der Waals surface area contributed by atoms with Gasteiger partial charge in [0.15, 0.2) is 0 Å². The number of allylic oxidation sites excluding steroid dienone is 1. The van der Waals surface area contributed by atoms with E-state index in [2.05, 4.69) is 17.7 Å². The summed E-state index contributed by atoms with van der Waals surface area (Å²) in [6.45, 7) is 6.12. The molecule has 0 aromatic carbocycles. The van der Waals surface area contributed by atoms with Crippen LogP contribution in [0.1, 0.15) is 36.5 Å². The van der Waals surface area contributed by atoms with Crippen LogP contribution in [0.4, 0.5) is 0 Å². The smallest absolute Gasteiger partial charge is 0.341 e. The average molecular weight is 259 g/mol. The molecule has 1 aromatic heterocycles. The Bertz CT molecular complexity index is 527. The molecule has 5 nitrogen and oxygen atoms in total. The summed E-state index contributed by atoms with van der Waals surface area (Å²) in [7, 11) is 0. The Morgan fingerprint density at radius 2 is 2.47 bits per heavy atom. The molecule has 1 saturated carbocycles. The number of esters is 1. The number of ether oxygens (including phenoxy) is 1. The molecule has 0 aliphatic heterocycles. The third-order valence-corrected chi connectivity index (χ3v) is 3.50. The number of nitriles is 1. The molecule has 0 amide bonds. The van der Waals surface area contributed by atoms with Gasteiger partial charge in [-0.25, -0.2) is 9.48 Å². The molecule has 2 rings (SSSR count). The minimum atomic E-state index is -0.384. The van der Waals surface area contributed by atoms with E-state index in [1.165, 1.54) is 6.20 Å².